The molecule has 0 radical (unpaired) electrons. The van der Waals surface area contributed by atoms with Gasteiger partial charge in [-0.2, -0.15) is 26.3 Å². The average molecular weight is 767 g/mol. The highest BCUT2D eigenvalue weighted by atomic mass is 19.4. The summed E-state index contributed by atoms with van der Waals surface area (Å²) in [4.78, 5) is 39.0. The lowest BCUT2D eigenvalue weighted by Crippen LogP contribution is -2.24. The number of carbonyl (C=O) groups is 3. The van der Waals surface area contributed by atoms with Crippen molar-refractivity contribution >= 4 is 40.1 Å². The molecule has 0 fully saturated rings. The zero-order valence-electron chi connectivity index (χ0n) is 28.4. The number of aliphatic carboxylic acids is 2. The number of imidazole rings is 1. The molecule has 0 aliphatic carbocycles. The molecule has 3 aromatic carbocycles. The third kappa shape index (κ3) is 11.3. The first-order valence-electron chi connectivity index (χ1n) is 15.6. The van der Waals surface area contributed by atoms with Crippen molar-refractivity contribution < 1.29 is 60.1 Å². The predicted octanol–water partition coefficient (Wildman–Crippen LogP) is 6.73. The summed E-state index contributed by atoms with van der Waals surface area (Å²) in [5, 5.41) is 19.4. The highest BCUT2D eigenvalue weighted by Gasteiger charge is 2.39. The van der Waals surface area contributed by atoms with Crippen LogP contribution in [0.2, 0.25) is 0 Å². The lowest BCUT2D eigenvalue weighted by Gasteiger charge is -2.23. The number of nitrogens with one attached hydrogen (secondary N) is 1. The van der Waals surface area contributed by atoms with E-state index in [0.717, 1.165) is 21.9 Å². The van der Waals surface area contributed by atoms with Gasteiger partial charge in [0.15, 0.2) is 11.6 Å². The van der Waals surface area contributed by atoms with Crippen molar-refractivity contribution in [2.45, 2.75) is 45.2 Å². The summed E-state index contributed by atoms with van der Waals surface area (Å²) in [6, 6.07) is 19.8. The number of alkyl halides is 6. The van der Waals surface area contributed by atoms with Crippen LogP contribution in [-0.2, 0) is 27.3 Å². The summed E-state index contributed by atoms with van der Waals surface area (Å²) in [6.07, 6.45) is -6.08. The standard InChI is InChI=1S/C31H31FN6O2.2C2HF3O2/c1-3-19-14-24(28(32)26(15-19)40-4-2)29(36-22-10-11-23-21(16-22)12-13-35-30(23)34)31-37-25(17-38(31)18-27(33)39)20-8-6-5-7-9-20;2*3-2(4,5)1(6)7/h5-17,29,36H,3-4,18H2,1-2H3,(H2,33,39)(H2,34,35);2*(H,6,7). The van der Waals surface area contributed by atoms with E-state index in [2.05, 4.69) is 10.3 Å². The smallest absolute Gasteiger partial charge is 0.490 e. The molecule has 0 aliphatic rings. The number of benzene rings is 3. The quantitative estimate of drug-likeness (QED) is 0.0951. The number of nitrogens with zero attached hydrogens (tertiary/aromatic N) is 3. The van der Waals surface area contributed by atoms with Crippen LogP contribution >= 0.6 is 0 Å². The van der Waals surface area contributed by atoms with Gasteiger partial charge < -0.3 is 36.3 Å². The summed E-state index contributed by atoms with van der Waals surface area (Å²) in [7, 11) is 0. The van der Waals surface area contributed by atoms with Gasteiger partial charge in [0.25, 0.3) is 0 Å². The number of primary amides is 1. The number of carbonyl (C=O) groups excluding carboxylic acids is 1. The van der Waals surface area contributed by atoms with E-state index in [1.807, 2.05) is 74.5 Å². The molecule has 288 valence electrons. The molecule has 0 bridgehead atoms. The van der Waals surface area contributed by atoms with Crippen LogP contribution in [0.4, 0.5) is 42.2 Å². The molecule has 7 N–H and O–H groups in total. The van der Waals surface area contributed by atoms with Gasteiger partial charge in [-0.25, -0.2) is 23.9 Å². The van der Waals surface area contributed by atoms with Gasteiger partial charge in [0.2, 0.25) is 5.91 Å². The maximum atomic E-state index is 16.1. The summed E-state index contributed by atoms with van der Waals surface area (Å²) < 4.78 is 86.9. The summed E-state index contributed by atoms with van der Waals surface area (Å²) in [5.74, 6) is -5.53. The molecule has 2 heterocycles. The summed E-state index contributed by atoms with van der Waals surface area (Å²) >= 11 is 0. The summed E-state index contributed by atoms with van der Waals surface area (Å²) in [6.45, 7) is 4.00. The Labute approximate surface area is 302 Å². The number of anilines is 2. The van der Waals surface area contributed by atoms with E-state index in [9.17, 15) is 31.1 Å². The number of hydrogen-bond acceptors (Lipinski definition) is 8. The molecule has 19 heteroatoms. The first kappa shape index (κ1) is 42.0. The third-order valence-corrected chi connectivity index (χ3v) is 7.20. The van der Waals surface area contributed by atoms with Gasteiger partial charge >= 0.3 is 24.3 Å². The molecular weight excluding hydrogens is 733 g/mol. The predicted molar refractivity (Wildman–Crippen MR) is 183 cm³/mol. The average Bonchev–Trinajstić information content (AvgIpc) is 3.51. The third-order valence-electron chi connectivity index (χ3n) is 7.20. The maximum Gasteiger partial charge on any atom is 0.490 e. The van der Waals surface area contributed by atoms with E-state index < -0.39 is 42.1 Å². The Kier molecular flexibility index (Phi) is 13.9. The highest BCUT2D eigenvalue weighted by Crippen LogP contribution is 2.36. The van der Waals surface area contributed by atoms with Crippen molar-refractivity contribution in [1.82, 2.24) is 14.5 Å². The topological polar surface area (TPSA) is 196 Å². The van der Waals surface area contributed by atoms with E-state index in [4.69, 9.17) is 41.0 Å². The van der Waals surface area contributed by atoms with Crippen LogP contribution in [0.5, 0.6) is 5.75 Å². The molecule has 1 amide bonds. The minimum Gasteiger partial charge on any atom is -0.491 e. The van der Waals surface area contributed by atoms with E-state index in [1.54, 1.807) is 23.0 Å². The van der Waals surface area contributed by atoms with Crippen molar-refractivity contribution in [1.29, 1.82) is 0 Å². The Morgan fingerprint density at radius 3 is 2.07 bits per heavy atom. The number of hydrogen-bond donors (Lipinski definition) is 5. The van der Waals surface area contributed by atoms with Gasteiger partial charge in [-0.3, -0.25) is 4.79 Å². The molecule has 54 heavy (non-hydrogen) atoms. The number of ether oxygens (including phenoxy) is 1. The normalized spacial score (nSPS) is 11.7. The number of nitrogen functional groups attached to an aromatic ring is 1. The number of amides is 1. The van der Waals surface area contributed by atoms with Crippen LogP contribution in [-0.4, -0.2) is 61.6 Å². The Balaban J connectivity index is 0.000000476. The van der Waals surface area contributed by atoms with Crippen molar-refractivity contribution in [2.24, 2.45) is 5.73 Å². The van der Waals surface area contributed by atoms with Crippen LogP contribution in [0, 0.1) is 5.82 Å². The molecule has 0 aliphatic heterocycles. The van der Waals surface area contributed by atoms with Crippen LogP contribution in [0.15, 0.2) is 79.1 Å². The number of aryl methyl sites for hydroxylation is 1. The maximum absolute atomic E-state index is 16.1. The molecule has 0 spiro atoms. The van der Waals surface area contributed by atoms with Gasteiger partial charge in [-0.1, -0.05) is 43.3 Å². The van der Waals surface area contributed by atoms with Crippen molar-refractivity contribution in [3.63, 3.8) is 0 Å². The zero-order chi connectivity index (χ0) is 40.4. The van der Waals surface area contributed by atoms with E-state index in [1.165, 1.54) is 0 Å². The van der Waals surface area contributed by atoms with E-state index in [0.29, 0.717) is 41.6 Å². The molecule has 0 saturated carbocycles. The second-order valence-electron chi connectivity index (χ2n) is 11.0. The molecule has 1 unspecified atom stereocenters. The van der Waals surface area contributed by atoms with Crippen molar-refractivity contribution in [3.05, 3.63) is 102 Å². The van der Waals surface area contributed by atoms with E-state index in [-0.39, 0.29) is 12.3 Å². The monoisotopic (exact) mass is 766 g/mol. The molecule has 2 aromatic heterocycles. The number of fused-ring (bicyclic) bond motifs is 1. The lowest BCUT2D eigenvalue weighted by atomic mass is 9.99. The second-order valence-corrected chi connectivity index (χ2v) is 11.0. The van der Waals surface area contributed by atoms with Gasteiger partial charge in [-0.15, -0.1) is 0 Å². The van der Waals surface area contributed by atoms with Gasteiger partial charge in [0, 0.05) is 34.6 Å². The SMILES string of the molecule is CCOc1cc(CC)cc(C(Nc2ccc3c(N)nccc3c2)c2nc(-c3ccccc3)cn2CC(N)=O)c1F.O=C(O)C(F)(F)F.O=C(O)C(F)(F)F. The lowest BCUT2D eigenvalue weighted by molar-refractivity contribution is -0.193. The largest absolute Gasteiger partial charge is 0.491 e. The van der Waals surface area contributed by atoms with Crippen LogP contribution < -0.4 is 21.5 Å². The summed E-state index contributed by atoms with van der Waals surface area (Å²) in [5.41, 5.74) is 15.1. The number of aromatic nitrogens is 3. The number of carboxylic acids is 2. The Hall–Kier alpha value is -6.40. The first-order chi connectivity index (χ1) is 25.3. The molecular formula is C35H33F7N6O6. The van der Waals surface area contributed by atoms with Crippen molar-refractivity contribution in [3.8, 4) is 17.0 Å². The number of carboxylic acid groups (broad SMARTS) is 2. The first-order valence-corrected chi connectivity index (χ1v) is 15.6. The van der Waals surface area contributed by atoms with Gasteiger partial charge in [0.05, 0.1) is 12.3 Å². The molecule has 1 atom stereocenters. The molecule has 0 saturated heterocycles. The Morgan fingerprint density at radius 2 is 1.54 bits per heavy atom. The fourth-order valence-electron chi connectivity index (χ4n) is 4.80. The van der Waals surface area contributed by atoms with Crippen LogP contribution in [0.1, 0.15) is 36.8 Å². The second kappa shape index (κ2) is 17.9. The number of halogens is 7. The Morgan fingerprint density at radius 1 is 0.926 bits per heavy atom. The molecule has 5 aromatic rings. The molecule has 12 nitrogen and oxygen atoms in total. The minimum absolute atomic E-state index is 0.124. The van der Waals surface area contributed by atoms with Gasteiger partial charge in [-0.05, 0) is 54.6 Å². The van der Waals surface area contributed by atoms with Crippen LogP contribution in [0.3, 0.4) is 0 Å². The Bertz CT molecular complexity index is 2070. The number of pyridine rings is 1. The highest BCUT2D eigenvalue weighted by molar-refractivity contribution is 5.93. The fraction of sp³-hybridized carbons (Fsp3) is 0.229. The van der Waals surface area contributed by atoms with Crippen LogP contribution in [0.25, 0.3) is 22.0 Å². The number of rotatable bonds is 10. The van der Waals surface area contributed by atoms with E-state index >= 15 is 4.39 Å². The number of nitrogens with two attached hydrogens (primary N) is 2. The zero-order valence-corrected chi connectivity index (χ0v) is 28.4. The fourth-order valence-corrected chi connectivity index (χ4v) is 4.80. The van der Waals surface area contributed by atoms with Crippen molar-refractivity contribution in [2.75, 3.05) is 17.7 Å². The molecule has 5 rings (SSSR count). The minimum atomic E-state index is -5.08. The van der Waals surface area contributed by atoms with Gasteiger partial charge in [0.1, 0.15) is 24.2 Å².